The summed E-state index contributed by atoms with van der Waals surface area (Å²) < 4.78 is 0. The second-order valence-electron chi connectivity index (χ2n) is 6.00. The minimum Gasteiger partial charge on any atom is -0.355 e. The van der Waals surface area contributed by atoms with Crippen molar-refractivity contribution in [2.24, 2.45) is 0 Å². The molecule has 0 spiro atoms. The van der Waals surface area contributed by atoms with Crippen LogP contribution in [-0.4, -0.2) is 22.3 Å². The summed E-state index contributed by atoms with van der Waals surface area (Å²) in [6.45, 7) is 4.57. The Kier molecular flexibility index (Phi) is 5.82. The van der Waals surface area contributed by atoms with Gasteiger partial charge in [-0.25, -0.2) is 0 Å². The van der Waals surface area contributed by atoms with Crippen molar-refractivity contribution in [1.29, 1.82) is 0 Å². The Labute approximate surface area is 146 Å². The number of benzene rings is 1. The lowest BCUT2D eigenvalue weighted by Crippen LogP contribution is -2.07. The molecule has 3 rings (SSSR count). The molecule has 1 N–H and O–H groups in total. The van der Waals surface area contributed by atoms with Crippen LogP contribution in [0.4, 0.5) is 0 Å². The fourth-order valence-electron chi connectivity index (χ4n) is 3.08. The van der Waals surface area contributed by atoms with E-state index in [-0.39, 0.29) is 7.92 Å². The molecule has 2 aromatic heterocycles. The van der Waals surface area contributed by atoms with E-state index < -0.39 is 0 Å². The molecule has 124 valence electrons. The summed E-state index contributed by atoms with van der Waals surface area (Å²) in [6.07, 6.45) is 6.99. The van der Waals surface area contributed by atoms with E-state index in [0.717, 1.165) is 5.69 Å². The Morgan fingerprint density at radius 2 is 1.54 bits per heavy atom. The molecule has 0 saturated carbocycles. The van der Waals surface area contributed by atoms with Gasteiger partial charge in [-0.1, -0.05) is 64.9 Å². The van der Waals surface area contributed by atoms with Crippen molar-refractivity contribution in [3.63, 3.8) is 0 Å². The van der Waals surface area contributed by atoms with E-state index in [2.05, 4.69) is 66.3 Å². The van der Waals surface area contributed by atoms with E-state index in [0.29, 0.717) is 0 Å². The molecule has 0 aliphatic carbocycles. The SMILES string of the molecule is CCCP(CCC)c1ccc(-c2ccccc2-c2ccccn2)[nH]1. The van der Waals surface area contributed by atoms with E-state index in [1.54, 1.807) is 0 Å². The molecule has 0 saturated heterocycles. The molecular formula is C21H25N2P. The zero-order valence-electron chi connectivity index (χ0n) is 14.5. The molecule has 0 bridgehead atoms. The molecule has 0 radical (unpaired) electrons. The van der Waals surface area contributed by atoms with Gasteiger partial charge in [-0.2, -0.15) is 0 Å². The van der Waals surface area contributed by atoms with Gasteiger partial charge in [0.15, 0.2) is 0 Å². The van der Waals surface area contributed by atoms with Crippen LogP contribution in [0.25, 0.3) is 22.5 Å². The smallest absolute Gasteiger partial charge is 0.0708 e. The highest BCUT2D eigenvalue weighted by molar-refractivity contribution is 7.65. The standard InChI is InChI=1S/C21H25N2P/c1-3-15-24(16-4-2)21-13-12-20(23-21)18-10-6-5-9-17(18)19-11-7-8-14-22-19/h5-14,23H,3-4,15-16H2,1-2H3. The molecule has 3 aromatic rings. The van der Waals surface area contributed by atoms with Crippen LogP contribution in [0.15, 0.2) is 60.8 Å². The second-order valence-corrected chi connectivity index (χ2v) is 8.46. The molecule has 0 unspecified atom stereocenters. The van der Waals surface area contributed by atoms with Gasteiger partial charge in [0.2, 0.25) is 0 Å². The summed E-state index contributed by atoms with van der Waals surface area (Å²) in [6, 6.07) is 19.1. The maximum Gasteiger partial charge on any atom is 0.0708 e. The van der Waals surface area contributed by atoms with Crippen molar-refractivity contribution in [2.75, 3.05) is 12.3 Å². The Morgan fingerprint density at radius 1 is 0.833 bits per heavy atom. The maximum absolute atomic E-state index is 4.53. The van der Waals surface area contributed by atoms with E-state index in [1.165, 1.54) is 47.4 Å². The summed E-state index contributed by atoms with van der Waals surface area (Å²) in [5.41, 5.74) is 6.06. The van der Waals surface area contributed by atoms with E-state index in [9.17, 15) is 0 Å². The van der Waals surface area contributed by atoms with Crippen molar-refractivity contribution in [2.45, 2.75) is 26.7 Å². The van der Waals surface area contributed by atoms with Crippen LogP contribution < -0.4 is 5.44 Å². The summed E-state index contributed by atoms with van der Waals surface area (Å²) in [5, 5.41) is 0. The number of nitrogens with one attached hydrogen (secondary N) is 1. The fourth-order valence-corrected chi connectivity index (χ4v) is 5.43. The van der Waals surface area contributed by atoms with Crippen molar-refractivity contribution in [3.8, 4) is 22.5 Å². The van der Waals surface area contributed by atoms with Gasteiger partial charge in [0.05, 0.1) is 5.69 Å². The molecular weight excluding hydrogens is 311 g/mol. The van der Waals surface area contributed by atoms with Crippen LogP contribution in [0.2, 0.25) is 0 Å². The van der Waals surface area contributed by atoms with Crippen LogP contribution in [0, 0.1) is 0 Å². The van der Waals surface area contributed by atoms with Gasteiger partial charge >= 0.3 is 0 Å². The Balaban J connectivity index is 1.96. The Bertz CT molecular complexity index is 758. The molecule has 0 fully saturated rings. The van der Waals surface area contributed by atoms with Crippen LogP contribution in [0.1, 0.15) is 26.7 Å². The number of hydrogen-bond acceptors (Lipinski definition) is 1. The molecule has 2 heterocycles. The zero-order valence-corrected chi connectivity index (χ0v) is 15.4. The van der Waals surface area contributed by atoms with Crippen LogP contribution in [-0.2, 0) is 0 Å². The topological polar surface area (TPSA) is 28.7 Å². The number of rotatable bonds is 7. The van der Waals surface area contributed by atoms with Gasteiger partial charge in [-0.15, -0.1) is 0 Å². The first-order valence-electron chi connectivity index (χ1n) is 8.78. The average molecular weight is 336 g/mol. The van der Waals surface area contributed by atoms with E-state index in [4.69, 9.17) is 0 Å². The number of pyridine rings is 1. The minimum absolute atomic E-state index is 0.0606. The number of hydrogen-bond donors (Lipinski definition) is 1. The van der Waals surface area contributed by atoms with Crippen molar-refractivity contribution < 1.29 is 0 Å². The zero-order chi connectivity index (χ0) is 16.8. The van der Waals surface area contributed by atoms with Gasteiger partial charge in [0.1, 0.15) is 0 Å². The van der Waals surface area contributed by atoms with Gasteiger partial charge in [-0.05, 0) is 36.6 Å². The summed E-state index contributed by atoms with van der Waals surface area (Å²) in [5.74, 6) is 0. The summed E-state index contributed by atoms with van der Waals surface area (Å²) in [7, 11) is -0.0606. The van der Waals surface area contributed by atoms with Crippen molar-refractivity contribution in [1.82, 2.24) is 9.97 Å². The first kappa shape index (κ1) is 16.9. The summed E-state index contributed by atoms with van der Waals surface area (Å²) in [4.78, 5) is 8.24. The highest BCUT2D eigenvalue weighted by Crippen LogP contribution is 2.37. The Morgan fingerprint density at radius 3 is 2.21 bits per heavy atom. The number of aromatic nitrogens is 2. The monoisotopic (exact) mass is 336 g/mol. The van der Waals surface area contributed by atoms with Gasteiger partial charge in [0.25, 0.3) is 0 Å². The van der Waals surface area contributed by atoms with E-state index >= 15 is 0 Å². The molecule has 0 aliphatic rings. The normalized spacial score (nSPS) is 11.1. The predicted molar refractivity (Wildman–Crippen MR) is 106 cm³/mol. The van der Waals surface area contributed by atoms with Gasteiger partial charge < -0.3 is 4.98 Å². The largest absolute Gasteiger partial charge is 0.355 e. The third kappa shape index (κ3) is 3.76. The maximum atomic E-state index is 4.53. The molecule has 2 nitrogen and oxygen atoms in total. The molecule has 3 heteroatoms. The number of H-pyrrole nitrogens is 1. The summed E-state index contributed by atoms with van der Waals surface area (Å²) >= 11 is 0. The van der Waals surface area contributed by atoms with Crippen LogP contribution >= 0.6 is 7.92 Å². The fraction of sp³-hybridized carbons (Fsp3) is 0.286. The highest BCUT2D eigenvalue weighted by Gasteiger charge is 2.14. The lowest BCUT2D eigenvalue weighted by atomic mass is 10.0. The number of nitrogens with zero attached hydrogens (tertiary/aromatic N) is 1. The highest BCUT2D eigenvalue weighted by atomic mass is 31.1. The van der Waals surface area contributed by atoms with Gasteiger partial charge in [-0.3, -0.25) is 4.98 Å². The number of aromatic amines is 1. The van der Waals surface area contributed by atoms with Crippen LogP contribution in [0.3, 0.4) is 0 Å². The van der Waals surface area contributed by atoms with Crippen molar-refractivity contribution in [3.05, 3.63) is 60.8 Å². The van der Waals surface area contributed by atoms with Crippen molar-refractivity contribution >= 4 is 13.4 Å². The molecule has 24 heavy (non-hydrogen) atoms. The molecule has 0 amide bonds. The second kappa shape index (κ2) is 8.26. The first-order valence-corrected chi connectivity index (χ1v) is 10.5. The Hall–Kier alpha value is -1.92. The lowest BCUT2D eigenvalue weighted by Gasteiger charge is -2.14. The predicted octanol–water partition coefficient (Wildman–Crippen LogP) is 5.67. The average Bonchev–Trinajstić information content (AvgIpc) is 3.12. The lowest BCUT2D eigenvalue weighted by molar-refractivity contribution is 1.06. The molecule has 0 aliphatic heterocycles. The quantitative estimate of drug-likeness (QED) is 0.553. The van der Waals surface area contributed by atoms with Gasteiger partial charge in [0, 0.05) is 28.5 Å². The first-order chi connectivity index (χ1) is 11.8. The molecule has 1 aromatic carbocycles. The third-order valence-electron chi connectivity index (χ3n) is 4.16. The van der Waals surface area contributed by atoms with E-state index in [1.807, 2.05) is 18.3 Å². The van der Waals surface area contributed by atoms with Crippen LogP contribution in [0.5, 0.6) is 0 Å². The molecule has 0 atom stereocenters. The third-order valence-corrected chi connectivity index (χ3v) is 7.07. The minimum atomic E-state index is -0.0606.